The van der Waals surface area contributed by atoms with Crippen molar-refractivity contribution in [2.24, 2.45) is 0 Å². The van der Waals surface area contributed by atoms with Crippen LogP contribution in [0.25, 0.3) is 10.9 Å². The molecule has 0 unspecified atom stereocenters. The maximum Gasteiger partial charge on any atom is 0.141 e. The van der Waals surface area contributed by atoms with E-state index in [1.54, 1.807) is 18.2 Å². The maximum absolute atomic E-state index is 13.9. The van der Waals surface area contributed by atoms with Gasteiger partial charge in [-0.25, -0.2) is 13.5 Å². The summed E-state index contributed by atoms with van der Waals surface area (Å²) < 4.78 is 29.7. The van der Waals surface area contributed by atoms with Crippen LogP contribution in [0, 0.1) is 23.0 Å². The monoisotopic (exact) mass is 644 g/mol. The highest BCUT2D eigenvalue weighted by Crippen LogP contribution is 2.38. The highest BCUT2D eigenvalue weighted by Gasteiger charge is 2.33. The number of halogens is 4. The lowest BCUT2D eigenvalue weighted by molar-refractivity contribution is 0.171. The number of nitrogens with zero attached hydrogens (tertiary/aromatic N) is 6. The first-order valence-corrected chi connectivity index (χ1v) is 15.5. The molecule has 2 aromatic heterocycles. The maximum atomic E-state index is 13.9. The Morgan fingerprint density at radius 2 is 1.67 bits per heavy atom. The number of nitrogens with one attached hydrogen (secondary N) is 2. The van der Waals surface area contributed by atoms with Gasteiger partial charge < -0.3 is 15.5 Å². The first-order chi connectivity index (χ1) is 21.9. The average Bonchev–Trinajstić information content (AvgIpc) is 3.79. The SMILES string of the molecule is N#Cc1cnc2c(Cl)cc(N[C@@H](c3ccc(F)cc3)c3cn(C4CCN(C5CC5)CC4)nn3)cc2c1Nc1ccc(F)c(Cl)c1. The molecule has 3 aromatic carbocycles. The summed E-state index contributed by atoms with van der Waals surface area (Å²) in [5, 5.41) is 26.5. The molecule has 12 heteroatoms. The van der Waals surface area contributed by atoms with Crippen molar-refractivity contribution in [2.75, 3.05) is 23.7 Å². The van der Waals surface area contributed by atoms with Gasteiger partial charge in [0.05, 0.1) is 45.1 Å². The first kappa shape index (κ1) is 29.4. The Labute approximate surface area is 268 Å². The van der Waals surface area contributed by atoms with Crippen LogP contribution in [0.5, 0.6) is 0 Å². The third kappa shape index (κ3) is 6.16. The van der Waals surface area contributed by atoms with Gasteiger partial charge in [-0.1, -0.05) is 40.5 Å². The Hall–Kier alpha value is -4.30. The number of hydrogen-bond donors (Lipinski definition) is 2. The summed E-state index contributed by atoms with van der Waals surface area (Å²) in [7, 11) is 0. The van der Waals surface area contributed by atoms with E-state index in [9.17, 15) is 14.0 Å². The van der Waals surface area contributed by atoms with Gasteiger partial charge in [-0.05, 0) is 73.7 Å². The van der Waals surface area contributed by atoms with Crippen molar-refractivity contribution >= 4 is 51.2 Å². The normalized spacial score (nSPS) is 16.4. The molecule has 2 fully saturated rings. The number of nitriles is 1. The Bertz CT molecular complexity index is 1910. The Balaban J connectivity index is 1.24. The first-order valence-electron chi connectivity index (χ1n) is 14.8. The fourth-order valence-corrected chi connectivity index (χ4v) is 6.44. The van der Waals surface area contributed by atoms with E-state index in [2.05, 4.69) is 36.9 Å². The summed E-state index contributed by atoms with van der Waals surface area (Å²) in [6.07, 6.45) is 8.02. The minimum atomic E-state index is -0.552. The van der Waals surface area contributed by atoms with Gasteiger partial charge in [-0.15, -0.1) is 5.10 Å². The zero-order valence-electron chi connectivity index (χ0n) is 24.0. The van der Waals surface area contributed by atoms with Gasteiger partial charge in [0.15, 0.2) is 0 Å². The quantitative estimate of drug-likeness (QED) is 0.177. The summed E-state index contributed by atoms with van der Waals surface area (Å²) in [5.74, 6) is -0.895. The topological polar surface area (TPSA) is 94.7 Å². The van der Waals surface area contributed by atoms with Gasteiger partial charge in [0.2, 0.25) is 0 Å². The van der Waals surface area contributed by atoms with Crippen LogP contribution in [0.2, 0.25) is 10.0 Å². The predicted molar refractivity (Wildman–Crippen MR) is 171 cm³/mol. The molecule has 2 aliphatic rings. The average molecular weight is 646 g/mol. The van der Waals surface area contributed by atoms with E-state index in [-0.39, 0.29) is 22.4 Å². The number of likely N-dealkylation sites (tertiary alicyclic amines) is 1. The molecule has 1 saturated heterocycles. The lowest BCUT2D eigenvalue weighted by atomic mass is 10.0. The molecular formula is C33H28Cl2F2N8. The number of anilines is 3. The van der Waals surface area contributed by atoms with E-state index < -0.39 is 11.9 Å². The van der Waals surface area contributed by atoms with E-state index in [1.165, 1.54) is 49.4 Å². The molecular weight excluding hydrogens is 617 g/mol. The minimum absolute atomic E-state index is 0.0547. The van der Waals surface area contributed by atoms with Gasteiger partial charge >= 0.3 is 0 Å². The predicted octanol–water partition coefficient (Wildman–Crippen LogP) is 8.03. The molecule has 2 N–H and O–H groups in total. The second-order valence-corrected chi connectivity index (χ2v) is 12.3. The van der Waals surface area contributed by atoms with Gasteiger partial charge in [0.1, 0.15) is 23.4 Å². The largest absolute Gasteiger partial charge is 0.373 e. The molecule has 0 spiro atoms. The van der Waals surface area contributed by atoms with Gasteiger partial charge in [-0.3, -0.25) is 4.98 Å². The molecule has 7 rings (SSSR count). The van der Waals surface area contributed by atoms with Gasteiger partial charge in [-0.2, -0.15) is 5.26 Å². The van der Waals surface area contributed by atoms with Crippen molar-refractivity contribution < 1.29 is 8.78 Å². The molecule has 5 aromatic rings. The molecule has 1 aliphatic carbocycles. The minimum Gasteiger partial charge on any atom is -0.373 e. The molecule has 1 aliphatic heterocycles. The van der Waals surface area contributed by atoms with E-state index in [0.717, 1.165) is 37.5 Å². The highest BCUT2D eigenvalue weighted by molar-refractivity contribution is 6.36. The van der Waals surface area contributed by atoms with Crippen molar-refractivity contribution in [1.82, 2.24) is 24.9 Å². The smallest absolute Gasteiger partial charge is 0.141 e. The second-order valence-electron chi connectivity index (χ2n) is 11.5. The third-order valence-electron chi connectivity index (χ3n) is 8.51. The molecule has 1 atom stereocenters. The summed E-state index contributed by atoms with van der Waals surface area (Å²) in [6, 6.07) is 16.7. The number of piperidine rings is 1. The molecule has 45 heavy (non-hydrogen) atoms. The van der Waals surface area contributed by atoms with Crippen LogP contribution in [0.3, 0.4) is 0 Å². The molecule has 0 radical (unpaired) electrons. The van der Waals surface area contributed by atoms with Crippen LogP contribution >= 0.6 is 23.2 Å². The molecule has 228 valence electrons. The van der Waals surface area contributed by atoms with E-state index in [4.69, 9.17) is 23.2 Å². The number of pyridine rings is 1. The lowest BCUT2D eigenvalue weighted by Gasteiger charge is -2.31. The van der Waals surface area contributed by atoms with Crippen LogP contribution < -0.4 is 10.6 Å². The Kier molecular flexibility index (Phi) is 8.00. The van der Waals surface area contributed by atoms with E-state index in [0.29, 0.717) is 38.7 Å². The number of fused-ring (bicyclic) bond motifs is 1. The molecule has 3 heterocycles. The van der Waals surface area contributed by atoms with Crippen molar-refractivity contribution in [3.05, 3.63) is 105 Å². The van der Waals surface area contributed by atoms with Crippen LogP contribution in [0.1, 0.15) is 54.6 Å². The van der Waals surface area contributed by atoms with Crippen LogP contribution in [-0.2, 0) is 0 Å². The van der Waals surface area contributed by atoms with Crippen molar-refractivity contribution in [2.45, 2.75) is 43.8 Å². The number of hydrogen-bond acceptors (Lipinski definition) is 7. The molecule has 1 saturated carbocycles. The molecule has 0 bridgehead atoms. The third-order valence-corrected chi connectivity index (χ3v) is 9.09. The highest BCUT2D eigenvalue weighted by atomic mass is 35.5. The van der Waals surface area contributed by atoms with E-state index in [1.807, 2.05) is 16.9 Å². The summed E-state index contributed by atoms with van der Waals surface area (Å²) in [5.41, 5.74) is 3.74. The van der Waals surface area contributed by atoms with E-state index >= 15 is 0 Å². The summed E-state index contributed by atoms with van der Waals surface area (Å²) in [4.78, 5) is 7.00. The van der Waals surface area contributed by atoms with Gasteiger partial charge in [0.25, 0.3) is 0 Å². The van der Waals surface area contributed by atoms with Crippen LogP contribution in [0.4, 0.5) is 25.8 Å². The molecule has 8 nitrogen and oxygen atoms in total. The molecule has 0 amide bonds. The van der Waals surface area contributed by atoms with Crippen molar-refractivity contribution in [3.63, 3.8) is 0 Å². The van der Waals surface area contributed by atoms with Crippen LogP contribution in [-0.4, -0.2) is 44.0 Å². The second kappa shape index (κ2) is 12.2. The zero-order valence-corrected chi connectivity index (χ0v) is 25.5. The summed E-state index contributed by atoms with van der Waals surface area (Å²) in [6.45, 7) is 2.11. The number of rotatable bonds is 8. The number of aromatic nitrogens is 4. The summed E-state index contributed by atoms with van der Waals surface area (Å²) >= 11 is 12.8. The van der Waals surface area contributed by atoms with Gasteiger partial charge in [0, 0.05) is 42.1 Å². The Morgan fingerprint density at radius 1 is 0.911 bits per heavy atom. The van der Waals surface area contributed by atoms with Crippen molar-refractivity contribution in [1.29, 1.82) is 5.26 Å². The zero-order chi connectivity index (χ0) is 31.1. The lowest BCUT2D eigenvalue weighted by Crippen LogP contribution is -2.36. The number of benzene rings is 3. The fraction of sp³-hybridized carbons (Fsp3) is 0.273. The fourth-order valence-electron chi connectivity index (χ4n) is 5.99. The standard InChI is InChI=1S/C33H28Cl2F2N8/c34-27-14-22(5-8-29(27)37)40-31-20(16-38)17-39-33-26(31)13-23(15-28(33)35)41-32(19-1-3-21(36)4-2-19)30-18-45(43-42-30)25-9-11-44(12-10-25)24-6-7-24/h1-5,8,13-15,17-18,24-25,32,41H,6-7,9-12H2,(H,39,40)/t32-/m0/s1. The van der Waals surface area contributed by atoms with Crippen LogP contribution in [0.15, 0.2) is 67.0 Å². The Morgan fingerprint density at radius 3 is 2.38 bits per heavy atom. The van der Waals surface area contributed by atoms with Crippen molar-refractivity contribution in [3.8, 4) is 6.07 Å².